The number of carbonyl (C=O) groups is 1. The van der Waals surface area contributed by atoms with Gasteiger partial charge in [0.2, 0.25) is 0 Å². The molecule has 6 nitrogen and oxygen atoms in total. The average Bonchev–Trinajstić information content (AvgIpc) is 2.60. The van der Waals surface area contributed by atoms with Crippen molar-refractivity contribution < 1.29 is 9.53 Å². The Hall–Kier alpha value is -3.12. The molecule has 7 heteroatoms. The van der Waals surface area contributed by atoms with E-state index in [1.165, 1.54) is 0 Å². The molecule has 0 aliphatic heterocycles. The van der Waals surface area contributed by atoms with Gasteiger partial charge in [0.05, 0.1) is 12.1 Å². The van der Waals surface area contributed by atoms with Crippen LogP contribution >= 0.6 is 11.6 Å². The van der Waals surface area contributed by atoms with Crippen molar-refractivity contribution >= 4 is 34.7 Å². The van der Waals surface area contributed by atoms with Gasteiger partial charge in [-0.05, 0) is 62.2 Å². The van der Waals surface area contributed by atoms with Gasteiger partial charge in [-0.1, -0.05) is 17.7 Å². The summed E-state index contributed by atoms with van der Waals surface area (Å²) in [5.74, 6) is 1.26. The fourth-order valence-electron chi connectivity index (χ4n) is 2.88. The molecule has 0 bridgehead atoms. The second-order valence-electron chi connectivity index (χ2n) is 6.49. The molecule has 3 rings (SSSR count). The van der Waals surface area contributed by atoms with E-state index in [0.717, 1.165) is 22.5 Å². The Kier molecular flexibility index (Phi) is 5.80. The molecule has 3 aromatic rings. The Morgan fingerprint density at radius 3 is 2.32 bits per heavy atom. The first-order valence-corrected chi connectivity index (χ1v) is 9.08. The van der Waals surface area contributed by atoms with E-state index in [0.29, 0.717) is 22.4 Å². The van der Waals surface area contributed by atoms with Gasteiger partial charge < -0.3 is 15.4 Å². The highest BCUT2D eigenvalue weighted by molar-refractivity contribution is 6.32. The summed E-state index contributed by atoms with van der Waals surface area (Å²) < 4.78 is 5.15. The largest absolute Gasteiger partial charge is 0.495 e. The van der Waals surface area contributed by atoms with E-state index >= 15 is 0 Å². The van der Waals surface area contributed by atoms with Gasteiger partial charge in [-0.15, -0.1) is 0 Å². The highest BCUT2D eigenvalue weighted by Gasteiger charge is 2.12. The number of benzene rings is 2. The molecule has 1 amide bonds. The van der Waals surface area contributed by atoms with Gasteiger partial charge in [-0.2, -0.15) is 0 Å². The third kappa shape index (κ3) is 4.78. The van der Waals surface area contributed by atoms with Gasteiger partial charge in [0.1, 0.15) is 23.1 Å². The monoisotopic (exact) mass is 396 g/mol. The number of aryl methyl sites for hydroxylation is 3. The topological polar surface area (TPSA) is 76.1 Å². The van der Waals surface area contributed by atoms with Crippen molar-refractivity contribution in [3.63, 3.8) is 0 Å². The molecule has 1 aromatic heterocycles. The zero-order valence-electron chi connectivity index (χ0n) is 16.1. The summed E-state index contributed by atoms with van der Waals surface area (Å²) in [6.45, 7) is 5.71. The number of anilines is 3. The van der Waals surface area contributed by atoms with Crippen LogP contribution in [0.2, 0.25) is 5.02 Å². The number of nitrogens with zero attached hydrogens (tertiary/aromatic N) is 2. The lowest BCUT2D eigenvalue weighted by molar-refractivity contribution is 0.102. The van der Waals surface area contributed by atoms with E-state index < -0.39 is 0 Å². The molecule has 0 spiro atoms. The predicted octanol–water partition coefficient (Wildman–Crippen LogP) is 5.06. The third-order valence-electron chi connectivity index (χ3n) is 3.97. The van der Waals surface area contributed by atoms with Crippen LogP contribution in [0.1, 0.15) is 27.4 Å². The van der Waals surface area contributed by atoms with Crippen LogP contribution in [-0.4, -0.2) is 23.0 Å². The molecule has 0 fully saturated rings. The fourth-order valence-corrected chi connectivity index (χ4v) is 3.14. The van der Waals surface area contributed by atoms with Gasteiger partial charge in [0.25, 0.3) is 5.91 Å². The molecule has 2 aromatic carbocycles. The molecule has 0 aliphatic rings. The van der Waals surface area contributed by atoms with E-state index in [2.05, 4.69) is 20.6 Å². The minimum absolute atomic E-state index is 0.272. The molecule has 0 unspecified atom stereocenters. The van der Waals surface area contributed by atoms with E-state index in [4.69, 9.17) is 16.3 Å². The quantitative estimate of drug-likeness (QED) is 0.630. The minimum atomic E-state index is -0.300. The molecule has 144 valence electrons. The molecule has 0 atom stereocenters. The van der Waals surface area contributed by atoms with Gasteiger partial charge in [-0.25, -0.2) is 9.97 Å². The summed E-state index contributed by atoms with van der Waals surface area (Å²) in [5, 5.41) is 6.51. The number of carbonyl (C=O) groups excluding carboxylic acids is 1. The summed E-state index contributed by atoms with van der Waals surface area (Å²) in [4.78, 5) is 21.3. The number of amides is 1. The molecular formula is C21H21ClN4O2. The van der Waals surface area contributed by atoms with Crippen LogP contribution in [0.5, 0.6) is 5.75 Å². The predicted molar refractivity (Wildman–Crippen MR) is 112 cm³/mol. The first-order chi connectivity index (χ1) is 13.3. The molecule has 0 aliphatic carbocycles. The summed E-state index contributed by atoms with van der Waals surface area (Å²) in [7, 11) is 1.56. The normalized spacial score (nSPS) is 10.5. The van der Waals surface area contributed by atoms with Gasteiger partial charge >= 0.3 is 0 Å². The Labute approximate surface area is 168 Å². The second-order valence-corrected chi connectivity index (χ2v) is 6.90. The van der Waals surface area contributed by atoms with Gasteiger partial charge in [-0.3, -0.25) is 4.79 Å². The summed E-state index contributed by atoms with van der Waals surface area (Å²) in [6.07, 6.45) is 0. The van der Waals surface area contributed by atoms with Gasteiger partial charge in [0.15, 0.2) is 0 Å². The molecule has 0 saturated carbocycles. The van der Waals surface area contributed by atoms with Crippen molar-refractivity contribution in [3.05, 3.63) is 70.1 Å². The average molecular weight is 397 g/mol. The lowest BCUT2D eigenvalue weighted by atomic mass is 10.1. The van der Waals surface area contributed by atoms with Crippen LogP contribution in [0.4, 0.5) is 17.2 Å². The van der Waals surface area contributed by atoms with Crippen LogP contribution in [-0.2, 0) is 0 Å². The highest BCUT2D eigenvalue weighted by Crippen LogP contribution is 2.28. The minimum Gasteiger partial charge on any atom is -0.495 e. The van der Waals surface area contributed by atoms with Crippen molar-refractivity contribution in [1.82, 2.24) is 9.97 Å². The maximum atomic E-state index is 12.7. The Bertz CT molecular complexity index is 1020. The number of halogens is 1. The first kappa shape index (κ1) is 19.6. The maximum absolute atomic E-state index is 12.7. The van der Waals surface area contributed by atoms with Crippen LogP contribution in [0.3, 0.4) is 0 Å². The van der Waals surface area contributed by atoms with Crippen molar-refractivity contribution in [1.29, 1.82) is 0 Å². The van der Waals surface area contributed by atoms with Crippen molar-refractivity contribution in [2.45, 2.75) is 20.8 Å². The molecule has 0 radical (unpaired) electrons. The van der Waals surface area contributed by atoms with E-state index in [1.807, 2.05) is 38.1 Å². The van der Waals surface area contributed by atoms with E-state index in [-0.39, 0.29) is 11.6 Å². The smallest absolute Gasteiger partial charge is 0.274 e. The highest BCUT2D eigenvalue weighted by atomic mass is 35.5. The van der Waals surface area contributed by atoms with E-state index in [1.54, 1.807) is 32.2 Å². The standard InChI is InChI=1S/C21H21ClN4O2/c1-12-7-13(2)9-16(8-12)26-21(27)18-11-20(24-14(3)23-18)25-15-5-6-19(28-4)17(22)10-15/h5-11H,1-4H3,(H,26,27)(H,23,24,25). The van der Waals surface area contributed by atoms with Crippen LogP contribution < -0.4 is 15.4 Å². The number of methoxy groups -OCH3 is 1. The molecular weight excluding hydrogens is 376 g/mol. The lowest BCUT2D eigenvalue weighted by Crippen LogP contribution is -2.15. The zero-order valence-corrected chi connectivity index (χ0v) is 16.9. The Morgan fingerprint density at radius 2 is 1.68 bits per heavy atom. The Morgan fingerprint density at radius 1 is 0.964 bits per heavy atom. The number of ether oxygens (including phenoxy) is 1. The second kappa shape index (κ2) is 8.27. The van der Waals surface area contributed by atoms with Crippen molar-refractivity contribution in [2.24, 2.45) is 0 Å². The number of hydrogen-bond acceptors (Lipinski definition) is 5. The van der Waals surface area contributed by atoms with Crippen LogP contribution in [0, 0.1) is 20.8 Å². The Balaban J connectivity index is 1.82. The zero-order chi connectivity index (χ0) is 20.3. The van der Waals surface area contributed by atoms with Crippen molar-refractivity contribution in [2.75, 3.05) is 17.7 Å². The van der Waals surface area contributed by atoms with Crippen LogP contribution in [0.15, 0.2) is 42.5 Å². The number of rotatable bonds is 5. The third-order valence-corrected chi connectivity index (χ3v) is 4.27. The molecule has 0 saturated heterocycles. The number of nitrogens with one attached hydrogen (secondary N) is 2. The number of aromatic nitrogens is 2. The van der Waals surface area contributed by atoms with E-state index in [9.17, 15) is 4.79 Å². The fraction of sp³-hybridized carbons (Fsp3) is 0.190. The van der Waals surface area contributed by atoms with Crippen molar-refractivity contribution in [3.8, 4) is 5.75 Å². The molecule has 28 heavy (non-hydrogen) atoms. The van der Waals surface area contributed by atoms with Crippen LogP contribution in [0.25, 0.3) is 0 Å². The maximum Gasteiger partial charge on any atom is 0.274 e. The number of hydrogen-bond donors (Lipinski definition) is 2. The first-order valence-electron chi connectivity index (χ1n) is 8.70. The summed E-state index contributed by atoms with van der Waals surface area (Å²) >= 11 is 6.16. The molecule has 2 N–H and O–H groups in total. The summed E-state index contributed by atoms with van der Waals surface area (Å²) in [6, 6.07) is 12.8. The molecule has 1 heterocycles. The SMILES string of the molecule is COc1ccc(Nc2cc(C(=O)Nc3cc(C)cc(C)c3)nc(C)n2)cc1Cl. The lowest BCUT2D eigenvalue weighted by Gasteiger charge is -2.11. The van der Waals surface area contributed by atoms with Gasteiger partial charge in [0, 0.05) is 17.4 Å². The summed E-state index contributed by atoms with van der Waals surface area (Å²) in [5.41, 5.74) is 3.88.